The number of carboxylic acid groups (broad SMARTS) is 1. The summed E-state index contributed by atoms with van der Waals surface area (Å²) in [6.45, 7) is 1.53. The van der Waals surface area contributed by atoms with Crippen LogP contribution in [-0.4, -0.2) is 29.1 Å². The molecule has 1 N–H and O–H groups in total. The number of ether oxygens (including phenoxy) is 1. The van der Waals surface area contributed by atoms with Crippen LogP contribution in [0.25, 0.3) is 10.8 Å². The lowest BCUT2D eigenvalue weighted by Crippen LogP contribution is -2.36. The number of fused-ring (bicyclic) bond motifs is 1. The van der Waals surface area contributed by atoms with Crippen molar-refractivity contribution in [2.24, 2.45) is 5.92 Å². The molecule has 5 heteroatoms. The number of nitrogens with zero attached hydrogens (tertiary/aromatic N) is 2. The van der Waals surface area contributed by atoms with Crippen molar-refractivity contribution in [1.29, 1.82) is 0 Å². The minimum Gasteiger partial charge on any atom is -0.481 e. The Bertz CT molecular complexity index is 919. The van der Waals surface area contributed by atoms with Crippen LogP contribution in [-0.2, 0) is 4.79 Å². The zero-order valence-corrected chi connectivity index (χ0v) is 14.3. The predicted octanol–water partition coefficient (Wildman–Crippen LogP) is 4.33. The highest BCUT2D eigenvalue weighted by atomic mass is 16.5. The summed E-state index contributed by atoms with van der Waals surface area (Å²) >= 11 is 0. The molecule has 1 aliphatic rings. The van der Waals surface area contributed by atoms with Gasteiger partial charge in [-0.25, -0.2) is 4.98 Å². The normalized spacial score (nSPS) is 15.2. The van der Waals surface area contributed by atoms with E-state index in [0.29, 0.717) is 18.7 Å². The van der Waals surface area contributed by atoms with Gasteiger partial charge in [0.2, 0.25) is 5.88 Å². The zero-order chi connectivity index (χ0) is 17.9. The maximum atomic E-state index is 11.1. The van der Waals surface area contributed by atoms with Gasteiger partial charge < -0.3 is 14.7 Å². The van der Waals surface area contributed by atoms with Crippen molar-refractivity contribution in [1.82, 2.24) is 4.98 Å². The minimum atomic E-state index is -0.683. The molecular formula is C21H20N2O3. The molecule has 1 aliphatic heterocycles. The van der Waals surface area contributed by atoms with E-state index >= 15 is 0 Å². The Labute approximate surface area is 151 Å². The van der Waals surface area contributed by atoms with Crippen LogP contribution in [0.15, 0.2) is 60.8 Å². The monoisotopic (exact) mass is 348 g/mol. The lowest BCUT2D eigenvalue weighted by molar-refractivity contribution is -0.142. The molecule has 0 aliphatic carbocycles. The fraction of sp³-hybridized carbons (Fsp3) is 0.238. The molecule has 132 valence electrons. The smallest absolute Gasteiger partial charge is 0.306 e. The van der Waals surface area contributed by atoms with E-state index in [9.17, 15) is 4.79 Å². The first-order valence-corrected chi connectivity index (χ1v) is 8.80. The fourth-order valence-corrected chi connectivity index (χ4v) is 3.40. The number of anilines is 1. The number of aromatic nitrogens is 1. The molecule has 1 saturated heterocycles. The molecule has 0 unspecified atom stereocenters. The van der Waals surface area contributed by atoms with Gasteiger partial charge in [0.25, 0.3) is 0 Å². The number of hydrogen-bond acceptors (Lipinski definition) is 4. The number of piperidine rings is 1. The maximum Gasteiger partial charge on any atom is 0.306 e. The number of aliphatic carboxylic acids is 1. The van der Waals surface area contributed by atoms with E-state index < -0.39 is 5.97 Å². The lowest BCUT2D eigenvalue weighted by atomic mass is 9.96. The lowest BCUT2D eigenvalue weighted by Gasteiger charge is -2.32. The number of carbonyl (C=O) groups is 1. The van der Waals surface area contributed by atoms with E-state index in [1.165, 1.54) is 0 Å². The van der Waals surface area contributed by atoms with Gasteiger partial charge in [-0.2, -0.15) is 0 Å². The number of carboxylic acids is 1. The molecule has 0 bridgehead atoms. The molecule has 2 aromatic carbocycles. The first kappa shape index (κ1) is 16.4. The third kappa shape index (κ3) is 3.33. The van der Waals surface area contributed by atoms with Gasteiger partial charge >= 0.3 is 5.97 Å². The molecule has 1 aromatic heterocycles. The molecule has 0 spiro atoms. The van der Waals surface area contributed by atoms with Crippen molar-refractivity contribution >= 4 is 22.4 Å². The van der Waals surface area contributed by atoms with Crippen LogP contribution in [0.4, 0.5) is 5.69 Å². The van der Waals surface area contributed by atoms with Gasteiger partial charge in [-0.05, 0) is 54.6 Å². The second-order valence-corrected chi connectivity index (χ2v) is 6.54. The Morgan fingerprint density at radius 2 is 1.85 bits per heavy atom. The van der Waals surface area contributed by atoms with E-state index in [-0.39, 0.29) is 5.92 Å². The molecule has 5 nitrogen and oxygen atoms in total. The largest absolute Gasteiger partial charge is 0.481 e. The van der Waals surface area contributed by atoms with Crippen LogP contribution >= 0.6 is 0 Å². The summed E-state index contributed by atoms with van der Waals surface area (Å²) in [6, 6.07) is 17.8. The highest BCUT2D eigenvalue weighted by Gasteiger charge is 2.24. The van der Waals surface area contributed by atoms with Gasteiger partial charge in [-0.15, -0.1) is 0 Å². The molecule has 3 aromatic rings. The highest BCUT2D eigenvalue weighted by molar-refractivity contribution is 5.89. The summed E-state index contributed by atoms with van der Waals surface area (Å²) in [5, 5.41) is 11.2. The number of pyridine rings is 1. The Kier molecular flexibility index (Phi) is 4.44. The zero-order valence-electron chi connectivity index (χ0n) is 14.3. The highest BCUT2D eigenvalue weighted by Crippen LogP contribution is 2.31. The Hall–Kier alpha value is -3.08. The van der Waals surface area contributed by atoms with Crippen molar-refractivity contribution in [2.45, 2.75) is 12.8 Å². The minimum absolute atomic E-state index is 0.221. The predicted molar refractivity (Wildman–Crippen MR) is 101 cm³/mol. The maximum absolute atomic E-state index is 11.1. The standard InChI is InChI=1S/C21H20N2O3/c24-21(25)15-9-12-23(13-10-15)17-6-7-19-16(14-17)8-11-22-20(19)26-18-4-2-1-3-5-18/h1-8,11,14-15H,9-10,12-13H2,(H,24,25). The summed E-state index contributed by atoms with van der Waals surface area (Å²) in [4.78, 5) is 17.7. The van der Waals surface area contributed by atoms with E-state index in [2.05, 4.69) is 22.0 Å². The van der Waals surface area contributed by atoms with Crippen LogP contribution in [0.5, 0.6) is 11.6 Å². The number of hydrogen-bond donors (Lipinski definition) is 1. The van der Waals surface area contributed by atoms with E-state index in [1.54, 1.807) is 6.20 Å². The van der Waals surface area contributed by atoms with Crippen molar-refractivity contribution in [3.05, 3.63) is 60.8 Å². The quantitative estimate of drug-likeness (QED) is 0.760. The molecule has 0 saturated carbocycles. The summed E-state index contributed by atoms with van der Waals surface area (Å²) in [7, 11) is 0. The van der Waals surface area contributed by atoms with Gasteiger partial charge in [0, 0.05) is 30.4 Å². The van der Waals surface area contributed by atoms with Gasteiger partial charge in [-0.1, -0.05) is 18.2 Å². The average Bonchev–Trinajstić information content (AvgIpc) is 2.69. The van der Waals surface area contributed by atoms with Crippen LogP contribution in [0.2, 0.25) is 0 Å². The summed E-state index contributed by atoms with van der Waals surface area (Å²) < 4.78 is 5.93. The number of benzene rings is 2. The van der Waals surface area contributed by atoms with Crippen LogP contribution < -0.4 is 9.64 Å². The molecule has 26 heavy (non-hydrogen) atoms. The van der Waals surface area contributed by atoms with Crippen LogP contribution in [0, 0.1) is 5.92 Å². The third-order valence-corrected chi connectivity index (χ3v) is 4.88. The average molecular weight is 348 g/mol. The van der Waals surface area contributed by atoms with Crippen LogP contribution in [0.1, 0.15) is 12.8 Å². The van der Waals surface area contributed by atoms with E-state index in [4.69, 9.17) is 9.84 Å². The molecular weight excluding hydrogens is 328 g/mol. The van der Waals surface area contributed by atoms with Crippen molar-refractivity contribution in [3.63, 3.8) is 0 Å². The van der Waals surface area contributed by atoms with E-state index in [0.717, 1.165) is 35.3 Å². The van der Waals surface area contributed by atoms with Crippen LogP contribution in [0.3, 0.4) is 0 Å². The Morgan fingerprint density at radius 1 is 1.08 bits per heavy atom. The molecule has 2 heterocycles. The molecule has 0 atom stereocenters. The molecule has 0 radical (unpaired) electrons. The van der Waals surface area contributed by atoms with Crippen molar-refractivity contribution < 1.29 is 14.6 Å². The Balaban J connectivity index is 1.58. The summed E-state index contributed by atoms with van der Waals surface area (Å²) in [5.41, 5.74) is 1.11. The molecule has 4 rings (SSSR count). The van der Waals surface area contributed by atoms with Gasteiger partial charge in [0.15, 0.2) is 0 Å². The summed E-state index contributed by atoms with van der Waals surface area (Å²) in [6.07, 6.45) is 3.12. The third-order valence-electron chi connectivity index (χ3n) is 4.88. The first-order valence-electron chi connectivity index (χ1n) is 8.80. The Morgan fingerprint density at radius 3 is 2.58 bits per heavy atom. The fourth-order valence-electron chi connectivity index (χ4n) is 3.40. The second kappa shape index (κ2) is 7.04. The topological polar surface area (TPSA) is 62.7 Å². The van der Waals surface area contributed by atoms with Gasteiger partial charge in [0.1, 0.15) is 5.75 Å². The van der Waals surface area contributed by atoms with Crippen molar-refractivity contribution in [2.75, 3.05) is 18.0 Å². The number of para-hydroxylation sites is 1. The summed E-state index contributed by atoms with van der Waals surface area (Å²) in [5.74, 6) is 0.441. The van der Waals surface area contributed by atoms with Gasteiger partial charge in [0.05, 0.1) is 5.92 Å². The van der Waals surface area contributed by atoms with Gasteiger partial charge in [-0.3, -0.25) is 4.79 Å². The first-order chi connectivity index (χ1) is 12.7. The SMILES string of the molecule is O=C(O)C1CCN(c2ccc3c(Oc4ccccc4)nccc3c2)CC1. The van der Waals surface area contributed by atoms with Crippen molar-refractivity contribution in [3.8, 4) is 11.6 Å². The number of rotatable bonds is 4. The molecule has 0 amide bonds. The second-order valence-electron chi connectivity index (χ2n) is 6.54. The van der Waals surface area contributed by atoms with E-state index in [1.807, 2.05) is 42.5 Å². The molecule has 1 fully saturated rings.